The standard InChI is InChI=1S/C17H22O/c1-14-9-7-8-12-16(14)13-17(18)15-10-5-3-2-4-6-11-15/h7-10,12H,2-6,11,13H2,1H3/b15-10+. The SMILES string of the molecule is Cc1ccccc1CC(=O)/C1=C/CCCCCC1. The second kappa shape index (κ2) is 6.53. The van der Waals surface area contributed by atoms with Crippen LogP contribution in [0.25, 0.3) is 0 Å². The Morgan fingerprint density at radius 1 is 1.11 bits per heavy atom. The first kappa shape index (κ1) is 13.1. The minimum absolute atomic E-state index is 0.325. The van der Waals surface area contributed by atoms with Crippen LogP contribution >= 0.6 is 0 Å². The van der Waals surface area contributed by atoms with Crippen molar-refractivity contribution in [2.45, 2.75) is 51.9 Å². The summed E-state index contributed by atoms with van der Waals surface area (Å²) in [5, 5.41) is 0. The monoisotopic (exact) mass is 242 g/mol. The van der Waals surface area contributed by atoms with Gasteiger partial charge in [-0.1, -0.05) is 43.2 Å². The molecule has 1 nitrogen and oxygen atoms in total. The normalized spacial score (nSPS) is 19.5. The molecule has 18 heavy (non-hydrogen) atoms. The Morgan fingerprint density at radius 3 is 2.72 bits per heavy atom. The largest absolute Gasteiger partial charge is 0.294 e. The summed E-state index contributed by atoms with van der Waals surface area (Å²) < 4.78 is 0. The molecule has 0 aliphatic heterocycles. The molecule has 0 fully saturated rings. The first-order chi connectivity index (χ1) is 8.77. The molecule has 0 heterocycles. The maximum Gasteiger partial charge on any atom is 0.162 e. The average molecular weight is 242 g/mol. The zero-order valence-electron chi connectivity index (χ0n) is 11.2. The number of allylic oxidation sites excluding steroid dienone is 2. The third-order valence-corrected chi connectivity index (χ3v) is 3.76. The highest BCUT2D eigenvalue weighted by molar-refractivity contribution is 5.96. The maximum atomic E-state index is 12.3. The van der Waals surface area contributed by atoms with Crippen LogP contribution in [0.2, 0.25) is 0 Å². The van der Waals surface area contributed by atoms with E-state index in [-0.39, 0.29) is 0 Å². The van der Waals surface area contributed by atoms with Gasteiger partial charge in [0.15, 0.2) is 5.78 Å². The predicted octanol–water partition coefficient (Wildman–Crippen LogP) is 4.39. The molecule has 0 radical (unpaired) electrons. The molecule has 1 aromatic rings. The van der Waals surface area contributed by atoms with E-state index in [0.29, 0.717) is 12.2 Å². The van der Waals surface area contributed by atoms with E-state index < -0.39 is 0 Å². The Kier molecular flexibility index (Phi) is 4.74. The predicted molar refractivity (Wildman–Crippen MR) is 75.7 cm³/mol. The molecule has 1 aliphatic carbocycles. The maximum absolute atomic E-state index is 12.3. The van der Waals surface area contributed by atoms with Crippen molar-refractivity contribution in [2.24, 2.45) is 0 Å². The molecule has 0 saturated carbocycles. The van der Waals surface area contributed by atoms with Gasteiger partial charge in [0, 0.05) is 6.42 Å². The Labute approximate surface area is 110 Å². The summed E-state index contributed by atoms with van der Waals surface area (Å²) >= 11 is 0. The number of aryl methyl sites for hydroxylation is 1. The van der Waals surface area contributed by atoms with Crippen LogP contribution in [-0.2, 0) is 11.2 Å². The molecule has 2 rings (SSSR count). The van der Waals surface area contributed by atoms with Gasteiger partial charge in [0.05, 0.1) is 0 Å². The summed E-state index contributed by atoms with van der Waals surface area (Å²) in [6, 6.07) is 8.19. The van der Waals surface area contributed by atoms with Gasteiger partial charge in [-0.25, -0.2) is 0 Å². The molecule has 96 valence electrons. The van der Waals surface area contributed by atoms with Crippen molar-refractivity contribution in [3.8, 4) is 0 Å². The quantitative estimate of drug-likeness (QED) is 0.768. The third-order valence-electron chi connectivity index (χ3n) is 3.76. The van der Waals surface area contributed by atoms with Crippen molar-refractivity contribution in [2.75, 3.05) is 0 Å². The molecule has 0 N–H and O–H groups in total. The number of carbonyl (C=O) groups excluding carboxylic acids is 1. The van der Waals surface area contributed by atoms with E-state index in [1.807, 2.05) is 12.1 Å². The smallest absolute Gasteiger partial charge is 0.162 e. The van der Waals surface area contributed by atoms with Crippen LogP contribution in [0.4, 0.5) is 0 Å². The van der Waals surface area contributed by atoms with E-state index in [0.717, 1.165) is 18.4 Å². The lowest BCUT2D eigenvalue weighted by Gasteiger charge is -2.11. The van der Waals surface area contributed by atoms with Crippen LogP contribution in [0.1, 0.15) is 49.7 Å². The Balaban J connectivity index is 2.04. The molecule has 0 saturated heterocycles. The molecule has 0 amide bonds. The number of hydrogen-bond acceptors (Lipinski definition) is 1. The van der Waals surface area contributed by atoms with Crippen molar-refractivity contribution in [3.63, 3.8) is 0 Å². The molecule has 0 spiro atoms. The zero-order valence-corrected chi connectivity index (χ0v) is 11.2. The summed E-state index contributed by atoms with van der Waals surface area (Å²) in [6.07, 6.45) is 9.80. The molecule has 1 aliphatic rings. The van der Waals surface area contributed by atoms with Gasteiger partial charge in [0.25, 0.3) is 0 Å². The Hall–Kier alpha value is -1.37. The fourth-order valence-electron chi connectivity index (χ4n) is 2.54. The average Bonchev–Trinajstić information content (AvgIpc) is 2.31. The number of Topliss-reactive ketones (excluding diaryl/α,β-unsaturated/α-hetero) is 1. The van der Waals surface area contributed by atoms with Gasteiger partial charge in [-0.2, -0.15) is 0 Å². The minimum atomic E-state index is 0.325. The molecule has 0 unspecified atom stereocenters. The number of benzene rings is 1. The minimum Gasteiger partial charge on any atom is -0.294 e. The van der Waals surface area contributed by atoms with Crippen LogP contribution in [0.3, 0.4) is 0 Å². The van der Waals surface area contributed by atoms with Crippen molar-refractivity contribution >= 4 is 5.78 Å². The third kappa shape index (κ3) is 3.56. The van der Waals surface area contributed by atoms with Gasteiger partial charge in [-0.05, 0) is 49.3 Å². The van der Waals surface area contributed by atoms with Crippen molar-refractivity contribution in [1.29, 1.82) is 0 Å². The van der Waals surface area contributed by atoms with Gasteiger partial charge in [-0.3, -0.25) is 4.79 Å². The van der Waals surface area contributed by atoms with Gasteiger partial charge < -0.3 is 0 Å². The van der Waals surface area contributed by atoms with Gasteiger partial charge in [0.2, 0.25) is 0 Å². The van der Waals surface area contributed by atoms with Gasteiger partial charge in [-0.15, -0.1) is 0 Å². The van der Waals surface area contributed by atoms with E-state index in [1.54, 1.807) is 0 Å². The summed E-state index contributed by atoms with van der Waals surface area (Å²) in [6.45, 7) is 2.08. The van der Waals surface area contributed by atoms with Crippen molar-refractivity contribution in [3.05, 3.63) is 47.0 Å². The number of carbonyl (C=O) groups is 1. The highest BCUT2D eigenvalue weighted by Gasteiger charge is 2.12. The molecule has 1 heteroatoms. The van der Waals surface area contributed by atoms with E-state index in [1.165, 1.54) is 36.8 Å². The van der Waals surface area contributed by atoms with E-state index in [2.05, 4.69) is 25.1 Å². The summed E-state index contributed by atoms with van der Waals surface area (Å²) in [4.78, 5) is 12.3. The molecular weight excluding hydrogens is 220 g/mol. The second-order valence-electron chi connectivity index (χ2n) is 5.21. The van der Waals surface area contributed by atoms with Crippen LogP contribution in [0, 0.1) is 6.92 Å². The molecular formula is C17H22O. The highest BCUT2D eigenvalue weighted by atomic mass is 16.1. The lowest BCUT2D eigenvalue weighted by atomic mass is 9.93. The molecule has 1 aromatic carbocycles. The Bertz CT molecular complexity index is 443. The number of rotatable bonds is 3. The van der Waals surface area contributed by atoms with E-state index >= 15 is 0 Å². The highest BCUT2D eigenvalue weighted by Crippen LogP contribution is 2.19. The fourth-order valence-corrected chi connectivity index (χ4v) is 2.54. The molecule has 0 aromatic heterocycles. The van der Waals surface area contributed by atoms with Crippen LogP contribution in [0.5, 0.6) is 0 Å². The second-order valence-corrected chi connectivity index (χ2v) is 5.21. The first-order valence-electron chi connectivity index (χ1n) is 7.04. The van der Waals surface area contributed by atoms with Crippen molar-refractivity contribution < 1.29 is 4.79 Å². The van der Waals surface area contributed by atoms with E-state index in [9.17, 15) is 4.79 Å². The summed E-state index contributed by atoms with van der Waals surface area (Å²) in [5.74, 6) is 0.325. The molecule has 0 bridgehead atoms. The fraction of sp³-hybridized carbons (Fsp3) is 0.471. The lowest BCUT2D eigenvalue weighted by Crippen LogP contribution is -2.08. The van der Waals surface area contributed by atoms with Gasteiger partial charge >= 0.3 is 0 Å². The summed E-state index contributed by atoms with van der Waals surface area (Å²) in [5.41, 5.74) is 3.46. The topological polar surface area (TPSA) is 17.1 Å². The van der Waals surface area contributed by atoms with Crippen LogP contribution in [0.15, 0.2) is 35.9 Å². The van der Waals surface area contributed by atoms with Gasteiger partial charge in [0.1, 0.15) is 0 Å². The van der Waals surface area contributed by atoms with Crippen LogP contribution in [-0.4, -0.2) is 5.78 Å². The number of ketones is 1. The molecule has 0 atom stereocenters. The number of hydrogen-bond donors (Lipinski definition) is 0. The Morgan fingerprint density at radius 2 is 1.89 bits per heavy atom. The van der Waals surface area contributed by atoms with E-state index in [4.69, 9.17) is 0 Å². The zero-order chi connectivity index (χ0) is 12.8. The van der Waals surface area contributed by atoms with Crippen LogP contribution < -0.4 is 0 Å². The lowest BCUT2D eigenvalue weighted by molar-refractivity contribution is -0.115. The van der Waals surface area contributed by atoms with Crippen molar-refractivity contribution in [1.82, 2.24) is 0 Å². The first-order valence-corrected chi connectivity index (χ1v) is 7.04. The summed E-state index contributed by atoms with van der Waals surface area (Å²) in [7, 11) is 0.